The molecule has 0 radical (unpaired) electrons. The molecule has 0 aliphatic heterocycles. The molecule has 0 bridgehead atoms. The van der Waals surface area contributed by atoms with E-state index in [1.165, 1.54) is 12.4 Å². The van der Waals surface area contributed by atoms with Crippen LogP contribution in [0.4, 0.5) is 0 Å². The lowest BCUT2D eigenvalue weighted by atomic mass is 10.3. The molecule has 0 aliphatic carbocycles. The number of rotatable bonds is 6. The molecule has 15 heavy (non-hydrogen) atoms. The highest BCUT2D eigenvalue weighted by molar-refractivity contribution is 7.89. The molecular formula is C9H15N3O2S. The number of unbranched alkanes of at least 4 members (excludes halogenated alkanes) is 2. The van der Waals surface area contributed by atoms with Crippen molar-refractivity contribution in [2.75, 3.05) is 6.54 Å². The monoisotopic (exact) mass is 229 g/mol. The lowest BCUT2D eigenvalue weighted by Crippen LogP contribution is -2.26. The molecule has 0 saturated carbocycles. The van der Waals surface area contributed by atoms with E-state index in [2.05, 4.69) is 21.6 Å². The minimum Gasteiger partial charge on any atom is -0.226 e. The lowest BCUT2D eigenvalue weighted by Gasteiger charge is -2.03. The zero-order valence-electron chi connectivity index (χ0n) is 8.68. The Kier molecular flexibility index (Phi) is 4.64. The molecule has 1 N–H and O–H groups in total. The van der Waals surface area contributed by atoms with E-state index in [-0.39, 0.29) is 5.16 Å². The number of hydrogen-bond donors (Lipinski definition) is 1. The molecular weight excluding hydrogens is 214 g/mol. The topological polar surface area (TPSA) is 72.0 Å². The average Bonchev–Trinajstić information content (AvgIpc) is 2.26. The van der Waals surface area contributed by atoms with Gasteiger partial charge in [0.15, 0.2) is 0 Å². The van der Waals surface area contributed by atoms with Crippen LogP contribution in [0, 0.1) is 0 Å². The van der Waals surface area contributed by atoms with Gasteiger partial charge in [0.25, 0.3) is 15.2 Å². The normalized spacial score (nSPS) is 11.5. The number of nitrogens with one attached hydrogen (secondary N) is 1. The molecule has 5 nitrogen and oxygen atoms in total. The van der Waals surface area contributed by atoms with Crippen LogP contribution in [-0.4, -0.2) is 24.9 Å². The van der Waals surface area contributed by atoms with Gasteiger partial charge in [0, 0.05) is 18.9 Å². The number of nitrogens with zero attached hydrogens (tertiary/aromatic N) is 2. The molecule has 0 aliphatic rings. The van der Waals surface area contributed by atoms with Crippen molar-refractivity contribution in [2.24, 2.45) is 0 Å². The Morgan fingerprint density at radius 2 is 1.93 bits per heavy atom. The van der Waals surface area contributed by atoms with Gasteiger partial charge in [-0.2, -0.15) is 0 Å². The van der Waals surface area contributed by atoms with E-state index in [9.17, 15) is 8.42 Å². The van der Waals surface area contributed by atoms with Crippen LogP contribution in [-0.2, 0) is 10.0 Å². The second-order valence-electron chi connectivity index (χ2n) is 3.14. The Labute approximate surface area is 90.0 Å². The van der Waals surface area contributed by atoms with Gasteiger partial charge in [-0.15, -0.1) is 0 Å². The molecule has 1 aromatic rings. The molecule has 1 rings (SSSR count). The SMILES string of the molecule is CCCCCNS(=O)(=O)c1ncccn1. The molecule has 1 heterocycles. The lowest BCUT2D eigenvalue weighted by molar-refractivity contribution is 0.567. The second-order valence-corrected chi connectivity index (χ2v) is 4.80. The number of sulfonamides is 1. The van der Waals surface area contributed by atoms with Gasteiger partial charge in [-0.05, 0) is 12.5 Å². The molecule has 1 aromatic heterocycles. The fourth-order valence-corrected chi connectivity index (χ4v) is 2.01. The van der Waals surface area contributed by atoms with E-state index >= 15 is 0 Å². The summed E-state index contributed by atoms with van der Waals surface area (Å²) in [5.41, 5.74) is 0. The van der Waals surface area contributed by atoms with Crippen molar-refractivity contribution in [3.8, 4) is 0 Å². The second kappa shape index (κ2) is 5.77. The molecule has 0 fully saturated rings. The summed E-state index contributed by atoms with van der Waals surface area (Å²) in [5.74, 6) is 0. The molecule has 6 heteroatoms. The highest BCUT2D eigenvalue weighted by Crippen LogP contribution is 1.99. The van der Waals surface area contributed by atoms with Crippen LogP contribution < -0.4 is 4.72 Å². The van der Waals surface area contributed by atoms with Crippen LogP contribution in [0.15, 0.2) is 23.6 Å². The summed E-state index contributed by atoms with van der Waals surface area (Å²) in [4.78, 5) is 7.38. The van der Waals surface area contributed by atoms with Crippen LogP contribution in [0.2, 0.25) is 0 Å². The first kappa shape index (κ1) is 12.1. The van der Waals surface area contributed by atoms with Gasteiger partial charge in [0.2, 0.25) is 0 Å². The van der Waals surface area contributed by atoms with Crippen molar-refractivity contribution in [1.82, 2.24) is 14.7 Å². The largest absolute Gasteiger partial charge is 0.276 e. The molecule has 0 aromatic carbocycles. The zero-order valence-corrected chi connectivity index (χ0v) is 9.50. The van der Waals surface area contributed by atoms with Gasteiger partial charge >= 0.3 is 0 Å². The third-order valence-corrected chi connectivity index (χ3v) is 3.13. The van der Waals surface area contributed by atoms with Gasteiger partial charge in [-0.25, -0.2) is 23.1 Å². The van der Waals surface area contributed by atoms with E-state index in [4.69, 9.17) is 0 Å². The van der Waals surface area contributed by atoms with E-state index in [1.807, 2.05) is 0 Å². The van der Waals surface area contributed by atoms with Crippen molar-refractivity contribution in [2.45, 2.75) is 31.3 Å². The highest BCUT2D eigenvalue weighted by atomic mass is 32.2. The summed E-state index contributed by atoms with van der Waals surface area (Å²) in [7, 11) is -3.51. The Balaban J connectivity index is 2.53. The third kappa shape index (κ3) is 3.93. The molecule has 0 saturated heterocycles. The van der Waals surface area contributed by atoms with Crippen molar-refractivity contribution >= 4 is 10.0 Å². The van der Waals surface area contributed by atoms with E-state index < -0.39 is 10.0 Å². The molecule has 0 unspecified atom stereocenters. The summed E-state index contributed by atoms with van der Waals surface area (Å²) < 4.78 is 25.6. The fourth-order valence-electron chi connectivity index (χ4n) is 1.07. The van der Waals surface area contributed by atoms with Crippen molar-refractivity contribution in [3.63, 3.8) is 0 Å². The minimum absolute atomic E-state index is 0.165. The van der Waals surface area contributed by atoms with E-state index in [0.29, 0.717) is 6.54 Å². The minimum atomic E-state index is -3.51. The number of hydrogen-bond acceptors (Lipinski definition) is 4. The quantitative estimate of drug-likeness (QED) is 0.582. The van der Waals surface area contributed by atoms with Crippen LogP contribution in [0.5, 0.6) is 0 Å². The van der Waals surface area contributed by atoms with Gasteiger partial charge in [-0.3, -0.25) is 0 Å². The molecule has 84 valence electrons. The van der Waals surface area contributed by atoms with Gasteiger partial charge < -0.3 is 0 Å². The van der Waals surface area contributed by atoms with Crippen LogP contribution in [0.1, 0.15) is 26.2 Å². The number of aromatic nitrogens is 2. The fraction of sp³-hybridized carbons (Fsp3) is 0.556. The maximum atomic E-state index is 11.6. The Morgan fingerprint density at radius 3 is 2.53 bits per heavy atom. The van der Waals surface area contributed by atoms with Crippen molar-refractivity contribution < 1.29 is 8.42 Å². The first-order chi connectivity index (χ1) is 7.17. The summed E-state index contributed by atoms with van der Waals surface area (Å²) in [6.45, 7) is 2.50. The van der Waals surface area contributed by atoms with Crippen LogP contribution >= 0.6 is 0 Å². The summed E-state index contributed by atoms with van der Waals surface area (Å²) in [5, 5.41) is -0.165. The molecule has 0 amide bonds. The smallest absolute Gasteiger partial charge is 0.226 e. The Bertz CT molecular complexity index is 378. The van der Waals surface area contributed by atoms with Gasteiger partial charge in [0.1, 0.15) is 0 Å². The first-order valence-electron chi connectivity index (χ1n) is 4.93. The van der Waals surface area contributed by atoms with Crippen molar-refractivity contribution in [1.29, 1.82) is 0 Å². The van der Waals surface area contributed by atoms with Crippen LogP contribution in [0.25, 0.3) is 0 Å². The van der Waals surface area contributed by atoms with Gasteiger partial charge in [0.05, 0.1) is 0 Å². The average molecular weight is 229 g/mol. The predicted molar refractivity (Wildman–Crippen MR) is 56.7 cm³/mol. The maximum absolute atomic E-state index is 11.6. The van der Waals surface area contributed by atoms with E-state index in [1.54, 1.807) is 6.07 Å². The van der Waals surface area contributed by atoms with E-state index in [0.717, 1.165) is 19.3 Å². The van der Waals surface area contributed by atoms with Gasteiger partial charge in [-0.1, -0.05) is 19.8 Å². The maximum Gasteiger partial charge on any atom is 0.276 e. The summed E-state index contributed by atoms with van der Waals surface area (Å²) >= 11 is 0. The Hall–Kier alpha value is -1.01. The Morgan fingerprint density at radius 1 is 1.27 bits per heavy atom. The highest BCUT2D eigenvalue weighted by Gasteiger charge is 2.15. The van der Waals surface area contributed by atoms with Crippen molar-refractivity contribution in [3.05, 3.63) is 18.5 Å². The first-order valence-corrected chi connectivity index (χ1v) is 6.42. The third-order valence-electron chi connectivity index (χ3n) is 1.85. The summed E-state index contributed by atoms with van der Waals surface area (Å²) in [6, 6.07) is 1.58. The standard InChI is InChI=1S/C9H15N3O2S/c1-2-3-4-8-12-15(13,14)9-10-6-5-7-11-9/h5-7,12H,2-4,8H2,1H3. The summed E-state index contributed by atoms with van der Waals surface area (Å²) in [6.07, 6.45) is 5.73. The molecule has 0 atom stereocenters. The predicted octanol–water partition coefficient (Wildman–Crippen LogP) is 0.945. The molecule has 0 spiro atoms. The van der Waals surface area contributed by atoms with Crippen LogP contribution in [0.3, 0.4) is 0 Å². The zero-order chi connectivity index (χ0) is 11.1.